The lowest BCUT2D eigenvalue weighted by Gasteiger charge is -2.22. The zero-order valence-electron chi connectivity index (χ0n) is 22.7. The molecular weight excluding hydrogens is 502 g/mol. The van der Waals surface area contributed by atoms with Crippen LogP contribution in [0.5, 0.6) is 11.5 Å². The Morgan fingerprint density at radius 1 is 0.763 bits per heavy atom. The second-order valence-electron chi connectivity index (χ2n) is 8.35. The van der Waals surface area contributed by atoms with Crippen molar-refractivity contribution < 1.29 is 52.3 Å². The van der Waals surface area contributed by atoms with Gasteiger partial charge < -0.3 is 38.9 Å². The summed E-state index contributed by atoms with van der Waals surface area (Å²) in [4.78, 5) is 48.1. The molecule has 0 radical (unpaired) electrons. The van der Waals surface area contributed by atoms with E-state index in [0.29, 0.717) is 18.4 Å². The van der Waals surface area contributed by atoms with E-state index in [1.54, 1.807) is 26.8 Å². The molecule has 2 N–H and O–H groups in total. The fraction of sp³-hybridized carbons (Fsp3) is 0.615. The van der Waals surface area contributed by atoms with Crippen molar-refractivity contribution >= 4 is 24.4 Å². The molecule has 3 atom stereocenters. The molecule has 0 saturated heterocycles. The van der Waals surface area contributed by atoms with Gasteiger partial charge in [-0.2, -0.15) is 0 Å². The van der Waals surface area contributed by atoms with Crippen molar-refractivity contribution in [2.75, 3.05) is 19.8 Å². The van der Waals surface area contributed by atoms with Gasteiger partial charge in [-0.3, -0.25) is 4.79 Å². The fourth-order valence-electron chi connectivity index (χ4n) is 2.78. The Morgan fingerprint density at radius 3 is 1.87 bits per heavy atom. The molecule has 0 aliphatic heterocycles. The van der Waals surface area contributed by atoms with Gasteiger partial charge in [0.2, 0.25) is 0 Å². The summed E-state index contributed by atoms with van der Waals surface area (Å²) in [5.41, 5.74) is 6.51. The summed E-state index contributed by atoms with van der Waals surface area (Å²) in [5, 5.41) is 0. The number of ether oxygens (including phenoxy) is 7. The SMILES string of the molecule is CCCCOC(=O)Oc1ccc(C[C@H](N)C(=O)O[C@@H](C)C(C)OC(=O)OCC)cc1OC(=O)OCCCC. The third-order valence-electron chi connectivity index (χ3n) is 5.10. The Bertz CT molecular complexity index is 905. The topological polar surface area (TPSA) is 159 Å². The van der Waals surface area contributed by atoms with Gasteiger partial charge in [0.05, 0.1) is 19.8 Å². The lowest BCUT2D eigenvalue weighted by atomic mass is 10.1. The van der Waals surface area contributed by atoms with E-state index in [-0.39, 0.29) is 37.7 Å². The standard InChI is InChI=1S/C26H39NO11/c1-6-9-13-33-25(30)37-21-12-11-19(16-22(21)38-26(31)34-14-10-7-2)15-20(27)23(28)35-17(4)18(5)36-24(29)32-8-3/h11-12,16-18,20H,6-10,13-15,27H2,1-5H3/t17-,18?,20-/m0/s1. The predicted molar refractivity (Wildman–Crippen MR) is 135 cm³/mol. The Balaban J connectivity index is 2.89. The number of hydrogen-bond donors (Lipinski definition) is 1. The van der Waals surface area contributed by atoms with Crippen molar-refractivity contribution in [2.24, 2.45) is 5.73 Å². The lowest BCUT2D eigenvalue weighted by Crippen LogP contribution is -2.39. The number of benzene rings is 1. The largest absolute Gasteiger partial charge is 0.513 e. The molecule has 12 nitrogen and oxygen atoms in total. The van der Waals surface area contributed by atoms with Crippen LogP contribution in [0.1, 0.15) is 65.9 Å². The molecule has 38 heavy (non-hydrogen) atoms. The lowest BCUT2D eigenvalue weighted by molar-refractivity contribution is -0.155. The van der Waals surface area contributed by atoms with Crippen molar-refractivity contribution in [3.8, 4) is 11.5 Å². The minimum absolute atomic E-state index is 0.00113. The average molecular weight is 542 g/mol. The van der Waals surface area contributed by atoms with Crippen LogP contribution in [0.2, 0.25) is 0 Å². The van der Waals surface area contributed by atoms with Crippen LogP contribution in [0.4, 0.5) is 14.4 Å². The summed E-state index contributed by atoms with van der Waals surface area (Å²) in [6, 6.07) is 3.25. The monoisotopic (exact) mass is 541 g/mol. The maximum atomic E-state index is 12.5. The maximum absolute atomic E-state index is 12.5. The van der Waals surface area contributed by atoms with Crippen molar-refractivity contribution in [3.63, 3.8) is 0 Å². The molecule has 0 spiro atoms. The molecule has 0 fully saturated rings. The van der Waals surface area contributed by atoms with Crippen LogP contribution in [0.25, 0.3) is 0 Å². The number of unbranched alkanes of at least 4 members (excludes halogenated alkanes) is 2. The third kappa shape index (κ3) is 12.6. The smallest absolute Gasteiger partial charge is 0.458 e. The highest BCUT2D eigenvalue weighted by Gasteiger charge is 2.25. The van der Waals surface area contributed by atoms with Gasteiger partial charge in [-0.25, -0.2) is 14.4 Å². The van der Waals surface area contributed by atoms with E-state index in [9.17, 15) is 19.2 Å². The number of esters is 1. The minimum Gasteiger partial charge on any atom is -0.458 e. The molecule has 0 heterocycles. The molecule has 214 valence electrons. The van der Waals surface area contributed by atoms with Gasteiger partial charge in [0.25, 0.3) is 0 Å². The van der Waals surface area contributed by atoms with Crippen molar-refractivity contribution in [1.29, 1.82) is 0 Å². The van der Waals surface area contributed by atoms with Crippen molar-refractivity contribution in [3.05, 3.63) is 23.8 Å². The highest BCUT2D eigenvalue weighted by molar-refractivity contribution is 5.76. The Labute approximate surface area is 223 Å². The molecular formula is C26H39NO11. The van der Waals surface area contributed by atoms with E-state index >= 15 is 0 Å². The number of hydrogen-bond acceptors (Lipinski definition) is 12. The highest BCUT2D eigenvalue weighted by Crippen LogP contribution is 2.30. The van der Waals surface area contributed by atoms with Gasteiger partial charge >= 0.3 is 24.4 Å². The van der Waals surface area contributed by atoms with Crippen LogP contribution in [-0.2, 0) is 34.9 Å². The fourth-order valence-corrected chi connectivity index (χ4v) is 2.78. The highest BCUT2D eigenvalue weighted by atomic mass is 16.7. The van der Waals surface area contributed by atoms with E-state index in [2.05, 4.69) is 0 Å². The molecule has 12 heteroatoms. The number of carbonyl (C=O) groups is 4. The van der Waals surface area contributed by atoms with Crippen LogP contribution in [0.15, 0.2) is 18.2 Å². The summed E-state index contributed by atoms with van der Waals surface area (Å²) in [5.74, 6) is -0.919. The third-order valence-corrected chi connectivity index (χ3v) is 5.10. The summed E-state index contributed by atoms with van der Waals surface area (Å²) >= 11 is 0. The first-order valence-corrected chi connectivity index (χ1v) is 12.7. The van der Waals surface area contributed by atoms with Crippen LogP contribution in [-0.4, -0.2) is 62.5 Å². The van der Waals surface area contributed by atoms with Crippen LogP contribution < -0.4 is 15.2 Å². The second kappa shape index (κ2) is 17.8. The van der Waals surface area contributed by atoms with Gasteiger partial charge in [0.15, 0.2) is 11.5 Å². The Hall–Kier alpha value is -3.54. The molecule has 1 rings (SSSR count). The van der Waals surface area contributed by atoms with Crippen molar-refractivity contribution in [1.82, 2.24) is 0 Å². The van der Waals surface area contributed by atoms with E-state index < -0.39 is 42.7 Å². The normalized spacial score (nSPS) is 12.9. The molecule has 0 bridgehead atoms. The Morgan fingerprint density at radius 2 is 1.32 bits per heavy atom. The summed E-state index contributed by atoms with van der Waals surface area (Å²) in [6.07, 6.45) is -1.38. The van der Waals surface area contributed by atoms with E-state index in [1.807, 2.05) is 13.8 Å². The first kappa shape index (κ1) is 32.5. The Kier molecular flexibility index (Phi) is 15.2. The minimum atomic E-state index is -1.10. The molecule has 0 amide bonds. The van der Waals surface area contributed by atoms with Gasteiger partial charge in [-0.1, -0.05) is 32.8 Å². The molecule has 1 unspecified atom stereocenters. The molecule has 0 aromatic heterocycles. The molecule has 0 saturated carbocycles. The van der Waals surface area contributed by atoms with Crippen molar-refractivity contribution in [2.45, 2.75) is 85.0 Å². The number of nitrogens with two attached hydrogens (primary N) is 1. The quantitative estimate of drug-likeness (QED) is 0.142. The number of carbonyl (C=O) groups excluding carboxylic acids is 4. The van der Waals surface area contributed by atoms with E-state index in [1.165, 1.54) is 12.1 Å². The van der Waals surface area contributed by atoms with Gasteiger partial charge in [0.1, 0.15) is 18.2 Å². The van der Waals surface area contributed by atoms with Crippen LogP contribution in [0.3, 0.4) is 0 Å². The van der Waals surface area contributed by atoms with Crippen LogP contribution >= 0.6 is 0 Å². The first-order chi connectivity index (χ1) is 18.1. The molecule has 1 aromatic carbocycles. The molecule has 1 aromatic rings. The predicted octanol–water partition coefficient (Wildman–Crippen LogP) is 4.68. The zero-order valence-corrected chi connectivity index (χ0v) is 22.7. The van der Waals surface area contributed by atoms with E-state index in [4.69, 9.17) is 38.9 Å². The maximum Gasteiger partial charge on any atom is 0.513 e. The number of rotatable bonds is 15. The molecule has 0 aliphatic rings. The zero-order chi connectivity index (χ0) is 28.5. The summed E-state index contributed by atoms with van der Waals surface area (Å²) < 4.78 is 35.5. The summed E-state index contributed by atoms with van der Waals surface area (Å²) in [7, 11) is 0. The van der Waals surface area contributed by atoms with Crippen LogP contribution in [0, 0.1) is 0 Å². The second-order valence-corrected chi connectivity index (χ2v) is 8.35. The summed E-state index contributed by atoms with van der Waals surface area (Å²) in [6.45, 7) is 9.12. The van der Waals surface area contributed by atoms with Gasteiger partial charge in [-0.05, 0) is 57.7 Å². The molecule has 0 aliphatic carbocycles. The average Bonchev–Trinajstić information content (AvgIpc) is 2.85. The van der Waals surface area contributed by atoms with Gasteiger partial charge in [-0.15, -0.1) is 0 Å². The first-order valence-electron chi connectivity index (χ1n) is 12.7. The van der Waals surface area contributed by atoms with E-state index in [0.717, 1.165) is 12.8 Å². The van der Waals surface area contributed by atoms with Gasteiger partial charge in [0, 0.05) is 0 Å².